The first-order chi connectivity index (χ1) is 15.1. The van der Waals surface area contributed by atoms with Crippen LogP contribution in [0.15, 0.2) is 58.2 Å². The Morgan fingerprint density at radius 1 is 1.26 bits per heavy atom. The third-order valence-corrected chi connectivity index (χ3v) is 6.36. The maximum Gasteiger partial charge on any atom is 0.254 e. The third kappa shape index (κ3) is 5.38. The molecule has 1 aliphatic heterocycles. The van der Waals surface area contributed by atoms with Gasteiger partial charge in [0.15, 0.2) is 0 Å². The van der Waals surface area contributed by atoms with E-state index in [-0.39, 0.29) is 11.9 Å². The Hall–Kier alpha value is -3.00. The summed E-state index contributed by atoms with van der Waals surface area (Å²) in [6.45, 7) is 3.66. The number of carbonyl (C=O) groups is 1. The topological polar surface area (TPSA) is 80.5 Å². The lowest BCUT2D eigenvalue weighted by molar-refractivity contribution is 0.0927. The number of amides is 1. The van der Waals surface area contributed by atoms with Crippen LogP contribution >= 0.6 is 11.8 Å². The maximum absolute atomic E-state index is 12.9. The van der Waals surface area contributed by atoms with Crippen LogP contribution in [0.25, 0.3) is 0 Å². The van der Waals surface area contributed by atoms with Gasteiger partial charge in [-0.25, -0.2) is 4.98 Å². The molecule has 162 valence electrons. The van der Waals surface area contributed by atoms with Crippen molar-refractivity contribution in [1.29, 1.82) is 0 Å². The van der Waals surface area contributed by atoms with Crippen LogP contribution in [0.2, 0.25) is 0 Å². The number of methoxy groups -OCH3 is 1. The molecule has 1 saturated heterocycles. The second kappa shape index (κ2) is 9.87. The summed E-state index contributed by atoms with van der Waals surface area (Å²) in [7, 11) is 1.67. The second-order valence-corrected chi connectivity index (χ2v) is 8.47. The number of aromatic nitrogens is 2. The smallest absolute Gasteiger partial charge is 0.254 e. The highest BCUT2D eigenvalue weighted by Gasteiger charge is 2.23. The predicted octanol–water partition coefficient (Wildman–Crippen LogP) is 4.08. The zero-order chi connectivity index (χ0) is 21.6. The fourth-order valence-electron chi connectivity index (χ4n) is 3.65. The summed E-state index contributed by atoms with van der Waals surface area (Å²) in [5.74, 6) is 2.16. The van der Waals surface area contributed by atoms with Crippen LogP contribution in [-0.2, 0) is 5.75 Å². The number of carbonyl (C=O) groups excluding carboxylic acids is 1. The Labute approximate surface area is 186 Å². The van der Waals surface area contributed by atoms with Crippen LogP contribution in [0, 0.1) is 6.92 Å². The molecule has 0 spiro atoms. The number of ether oxygens (including phenoxy) is 1. The number of nitrogens with zero attached hydrogens (tertiary/aromatic N) is 3. The lowest BCUT2D eigenvalue weighted by atomic mass is 10.0. The molecule has 31 heavy (non-hydrogen) atoms. The van der Waals surface area contributed by atoms with Crippen LogP contribution < -0.4 is 15.0 Å². The molecule has 1 amide bonds. The fraction of sp³-hybridized carbons (Fsp3) is 0.348. The van der Waals surface area contributed by atoms with Crippen molar-refractivity contribution in [2.75, 3.05) is 25.1 Å². The molecule has 0 atom stereocenters. The van der Waals surface area contributed by atoms with Gasteiger partial charge in [-0.15, -0.1) is 0 Å². The van der Waals surface area contributed by atoms with Crippen LogP contribution in [0.1, 0.15) is 34.7 Å². The molecule has 1 aliphatic rings. The molecule has 7 nitrogen and oxygen atoms in total. The quantitative estimate of drug-likeness (QED) is 0.557. The number of hydrogen-bond donors (Lipinski definition) is 1. The van der Waals surface area contributed by atoms with Gasteiger partial charge in [0.05, 0.1) is 18.4 Å². The number of aryl methyl sites for hydroxylation is 1. The molecular formula is C23H26N4O3S. The van der Waals surface area contributed by atoms with E-state index in [2.05, 4.69) is 32.5 Å². The van der Waals surface area contributed by atoms with E-state index < -0.39 is 0 Å². The number of thioether (sulfide) groups is 1. The zero-order valence-corrected chi connectivity index (χ0v) is 18.5. The molecule has 1 fully saturated rings. The Kier molecular flexibility index (Phi) is 6.76. The van der Waals surface area contributed by atoms with Gasteiger partial charge in [-0.3, -0.25) is 4.79 Å². The first kappa shape index (κ1) is 21.2. The molecule has 2 aromatic heterocycles. The summed E-state index contributed by atoms with van der Waals surface area (Å²) >= 11 is 1.49. The minimum absolute atomic E-state index is 0.0742. The lowest BCUT2D eigenvalue weighted by Gasteiger charge is -2.34. The Balaban J connectivity index is 1.32. The van der Waals surface area contributed by atoms with Gasteiger partial charge in [0.1, 0.15) is 16.5 Å². The average Bonchev–Trinajstić information content (AvgIpc) is 3.23. The first-order valence-electron chi connectivity index (χ1n) is 10.3. The molecule has 0 saturated carbocycles. The average molecular weight is 439 g/mol. The SMILES string of the molecule is COc1ccc(N2CCC(NC(=O)c3cccnc3SCc3cc(C)on3)CC2)cc1. The van der Waals surface area contributed by atoms with E-state index >= 15 is 0 Å². The number of rotatable bonds is 7. The number of anilines is 1. The molecule has 0 bridgehead atoms. The highest BCUT2D eigenvalue weighted by Crippen LogP contribution is 2.26. The number of hydrogen-bond acceptors (Lipinski definition) is 7. The largest absolute Gasteiger partial charge is 0.497 e. The van der Waals surface area contributed by atoms with E-state index in [1.165, 1.54) is 17.4 Å². The van der Waals surface area contributed by atoms with Gasteiger partial charge >= 0.3 is 0 Å². The molecule has 3 aromatic rings. The highest BCUT2D eigenvalue weighted by molar-refractivity contribution is 7.98. The van der Waals surface area contributed by atoms with Crippen LogP contribution in [0.5, 0.6) is 5.75 Å². The van der Waals surface area contributed by atoms with Crippen LogP contribution in [0.4, 0.5) is 5.69 Å². The van der Waals surface area contributed by atoms with Crippen LogP contribution in [-0.4, -0.2) is 42.3 Å². The minimum atomic E-state index is -0.0742. The van der Waals surface area contributed by atoms with Gasteiger partial charge in [0.2, 0.25) is 0 Å². The van der Waals surface area contributed by atoms with E-state index in [0.29, 0.717) is 16.3 Å². The van der Waals surface area contributed by atoms with E-state index in [1.807, 2.05) is 31.2 Å². The maximum atomic E-state index is 12.9. The predicted molar refractivity (Wildman–Crippen MR) is 121 cm³/mol. The van der Waals surface area contributed by atoms with Crippen molar-refractivity contribution in [3.05, 3.63) is 65.7 Å². The summed E-state index contributed by atoms with van der Waals surface area (Å²) in [4.78, 5) is 19.7. The van der Waals surface area contributed by atoms with Crippen molar-refractivity contribution in [2.24, 2.45) is 0 Å². The Bertz CT molecular complexity index is 1010. The molecule has 0 unspecified atom stereocenters. The molecule has 0 radical (unpaired) electrons. The van der Waals surface area contributed by atoms with Crippen molar-refractivity contribution >= 4 is 23.4 Å². The first-order valence-corrected chi connectivity index (χ1v) is 11.3. The Morgan fingerprint density at radius 3 is 2.71 bits per heavy atom. The number of benzene rings is 1. The molecule has 8 heteroatoms. The number of pyridine rings is 1. The van der Waals surface area contributed by atoms with Crippen molar-refractivity contribution in [2.45, 2.75) is 36.6 Å². The zero-order valence-electron chi connectivity index (χ0n) is 17.7. The Morgan fingerprint density at radius 2 is 2.03 bits per heavy atom. The summed E-state index contributed by atoms with van der Waals surface area (Å²) in [5.41, 5.74) is 2.62. The van der Waals surface area contributed by atoms with Gasteiger partial charge in [-0.1, -0.05) is 16.9 Å². The van der Waals surface area contributed by atoms with Crippen LogP contribution in [0.3, 0.4) is 0 Å². The van der Waals surface area contributed by atoms with Gasteiger partial charge in [-0.05, 0) is 56.2 Å². The van der Waals surface area contributed by atoms with Crippen molar-refractivity contribution in [3.8, 4) is 5.75 Å². The molecule has 4 rings (SSSR count). The number of piperidine rings is 1. The molecule has 3 heterocycles. The lowest BCUT2D eigenvalue weighted by Crippen LogP contribution is -2.44. The molecule has 1 N–H and O–H groups in total. The molecular weight excluding hydrogens is 412 g/mol. The summed E-state index contributed by atoms with van der Waals surface area (Å²) in [6.07, 6.45) is 3.51. The standard InChI is InChI=1S/C23H26N4O3S/c1-16-14-18(26-30-16)15-31-23-21(4-3-11-24-23)22(28)25-17-9-12-27(13-10-17)19-5-7-20(29-2)8-6-19/h3-8,11,14,17H,9-10,12-13,15H2,1-2H3,(H,25,28). The van der Waals surface area contributed by atoms with E-state index in [0.717, 1.165) is 43.1 Å². The molecule has 1 aromatic carbocycles. The van der Waals surface area contributed by atoms with Gasteiger partial charge in [-0.2, -0.15) is 0 Å². The van der Waals surface area contributed by atoms with E-state index in [4.69, 9.17) is 9.26 Å². The molecule has 0 aliphatic carbocycles. The fourth-order valence-corrected chi connectivity index (χ4v) is 4.52. The summed E-state index contributed by atoms with van der Waals surface area (Å²) in [5, 5.41) is 7.90. The monoisotopic (exact) mass is 438 g/mol. The number of nitrogens with one attached hydrogen (secondary N) is 1. The van der Waals surface area contributed by atoms with Crippen molar-refractivity contribution < 1.29 is 14.1 Å². The van der Waals surface area contributed by atoms with Crippen molar-refractivity contribution in [3.63, 3.8) is 0 Å². The minimum Gasteiger partial charge on any atom is -0.497 e. The second-order valence-electron chi connectivity index (χ2n) is 7.51. The van der Waals surface area contributed by atoms with Crippen molar-refractivity contribution in [1.82, 2.24) is 15.5 Å². The van der Waals surface area contributed by atoms with Gasteiger partial charge in [0.25, 0.3) is 5.91 Å². The van der Waals surface area contributed by atoms with E-state index in [9.17, 15) is 4.79 Å². The van der Waals surface area contributed by atoms with E-state index in [1.54, 1.807) is 19.4 Å². The summed E-state index contributed by atoms with van der Waals surface area (Å²) < 4.78 is 10.3. The van der Waals surface area contributed by atoms with Gasteiger partial charge in [0, 0.05) is 42.8 Å². The summed E-state index contributed by atoms with van der Waals surface area (Å²) in [6, 6.07) is 13.8. The highest BCUT2D eigenvalue weighted by atomic mass is 32.2. The normalized spacial score (nSPS) is 14.5. The third-order valence-electron chi connectivity index (χ3n) is 5.32. The van der Waals surface area contributed by atoms with Gasteiger partial charge < -0.3 is 19.5 Å².